The summed E-state index contributed by atoms with van der Waals surface area (Å²) in [6, 6.07) is 4.71. The van der Waals surface area contributed by atoms with E-state index in [1.165, 1.54) is 6.07 Å². The summed E-state index contributed by atoms with van der Waals surface area (Å²) >= 11 is 0. The van der Waals surface area contributed by atoms with Gasteiger partial charge in [0.2, 0.25) is 5.91 Å². The molecule has 2 aliphatic rings. The van der Waals surface area contributed by atoms with Crippen LogP contribution >= 0.6 is 0 Å². The minimum Gasteiger partial charge on any atom is -0.379 e. The number of nitrogens with one attached hydrogen (secondary N) is 2. The van der Waals surface area contributed by atoms with Crippen LogP contribution in [-0.4, -0.2) is 47.3 Å². The molecule has 1 aliphatic carbocycles. The van der Waals surface area contributed by atoms with E-state index in [1.54, 1.807) is 12.1 Å². The van der Waals surface area contributed by atoms with E-state index in [4.69, 9.17) is 0 Å². The quantitative estimate of drug-likeness (QED) is 0.413. The van der Waals surface area contributed by atoms with Gasteiger partial charge in [0.15, 0.2) is 0 Å². The molecule has 1 aliphatic heterocycles. The summed E-state index contributed by atoms with van der Waals surface area (Å²) in [5.74, 6) is -0.0728. The van der Waals surface area contributed by atoms with Crippen LogP contribution < -0.4 is 10.6 Å². The predicted octanol–water partition coefficient (Wildman–Crippen LogP) is 2.69. The van der Waals surface area contributed by atoms with Crippen molar-refractivity contribution >= 4 is 23.2 Å². The molecule has 8 nitrogen and oxygen atoms in total. The Hall–Kier alpha value is -2.64. The summed E-state index contributed by atoms with van der Waals surface area (Å²) in [6.45, 7) is 1.98. The van der Waals surface area contributed by atoms with Crippen LogP contribution in [0.1, 0.15) is 55.3 Å². The van der Waals surface area contributed by atoms with Crippen molar-refractivity contribution in [3.8, 4) is 0 Å². The summed E-state index contributed by atoms with van der Waals surface area (Å²) in [5.41, 5.74) is 0.587. The van der Waals surface area contributed by atoms with Crippen LogP contribution in [0.2, 0.25) is 0 Å². The van der Waals surface area contributed by atoms with Gasteiger partial charge in [0.25, 0.3) is 11.6 Å². The normalized spacial score (nSPS) is 17.3. The van der Waals surface area contributed by atoms with Gasteiger partial charge in [-0.2, -0.15) is 0 Å². The Bertz CT molecular complexity index is 718. The lowest BCUT2D eigenvalue weighted by Gasteiger charge is -2.20. The van der Waals surface area contributed by atoms with E-state index >= 15 is 0 Å². The molecule has 3 rings (SSSR count). The lowest BCUT2D eigenvalue weighted by Crippen LogP contribution is -2.32. The first kappa shape index (κ1) is 19.1. The lowest BCUT2D eigenvalue weighted by atomic mass is 10.1. The van der Waals surface area contributed by atoms with Crippen molar-refractivity contribution in [3.63, 3.8) is 0 Å². The van der Waals surface area contributed by atoms with Gasteiger partial charge < -0.3 is 15.5 Å². The van der Waals surface area contributed by atoms with E-state index in [0.717, 1.165) is 38.6 Å². The summed E-state index contributed by atoms with van der Waals surface area (Å²) in [4.78, 5) is 36.8. The Morgan fingerprint density at radius 3 is 2.81 bits per heavy atom. The fourth-order valence-electron chi connectivity index (χ4n) is 3.24. The Labute approximate surface area is 158 Å². The zero-order valence-electron chi connectivity index (χ0n) is 15.4. The van der Waals surface area contributed by atoms with Crippen LogP contribution in [-0.2, 0) is 4.79 Å². The van der Waals surface area contributed by atoms with Crippen molar-refractivity contribution in [2.24, 2.45) is 0 Å². The van der Waals surface area contributed by atoms with Gasteiger partial charge >= 0.3 is 0 Å². The molecule has 8 heteroatoms. The number of nitrogens with zero attached hydrogens (tertiary/aromatic N) is 2. The van der Waals surface area contributed by atoms with Crippen LogP contribution in [0, 0.1) is 10.1 Å². The summed E-state index contributed by atoms with van der Waals surface area (Å²) in [7, 11) is 0. The highest BCUT2D eigenvalue weighted by Crippen LogP contribution is 2.26. The molecular weight excluding hydrogens is 348 g/mol. The Kier molecular flexibility index (Phi) is 6.26. The van der Waals surface area contributed by atoms with Crippen molar-refractivity contribution in [3.05, 3.63) is 33.9 Å². The van der Waals surface area contributed by atoms with Gasteiger partial charge in [0, 0.05) is 43.7 Å². The maximum Gasteiger partial charge on any atom is 0.293 e. The molecule has 0 aromatic heterocycles. The molecule has 1 saturated carbocycles. The number of carbonyl (C=O) groups is 2. The number of rotatable bonds is 8. The van der Waals surface area contributed by atoms with Crippen molar-refractivity contribution in [2.75, 3.05) is 25.0 Å². The van der Waals surface area contributed by atoms with Gasteiger partial charge in [0.05, 0.1) is 4.92 Å². The summed E-state index contributed by atoms with van der Waals surface area (Å²) in [5, 5.41) is 17.3. The fourth-order valence-corrected chi connectivity index (χ4v) is 3.24. The minimum absolute atomic E-state index is 0.107. The molecule has 1 heterocycles. The summed E-state index contributed by atoms with van der Waals surface area (Å²) < 4.78 is 0. The third kappa shape index (κ3) is 5.42. The molecule has 0 spiro atoms. The van der Waals surface area contributed by atoms with E-state index in [9.17, 15) is 19.7 Å². The van der Waals surface area contributed by atoms with Crippen molar-refractivity contribution < 1.29 is 14.5 Å². The molecule has 2 amide bonds. The molecule has 1 aromatic carbocycles. The van der Waals surface area contributed by atoms with Crippen LogP contribution in [0.25, 0.3) is 0 Å². The van der Waals surface area contributed by atoms with E-state index in [0.29, 0.717) is 37.2 Å². The zero-order chi connectivity index (χ0) is 19.2. The monoisotopic (exact) mass is 374 g/mol. The molecule has 0 unspecified atom stereocenters. The average molecular weight is 374 g/mol. The highest BCUT2D eigenvalue weighted by molar-refractivity contribution is 5.96. The number of amides is 2. The number of nitro groups is 1. The van der Waals surface area contributed by atoms with Crippen molar-refractivity contribution in [2.45, 2.75) is 51.0 Å². The standard InChI is InChI=1S/C19H26N4O4/c24-18-5-2-1-3-11-22(18)12-4-10-20-16-9-6-14(13-17(16)23(26)27)19(25)21-15-7-8-15/h6,9,13,15,20H,1-5,7-8,10-12H2,(H,21,25). The first-order valence-electron chi connectivity index (χ1n) is 9.65. The molecule has 0 atom stereocenters. The van der Waals surface area contributed by atoms with Crippen molar-refractivity contribution in [1.29, 1.82) is 0 Å². The second kappa shape index (κ2) is 8.83. The maximum atomic E-state index is 12.1. The molecule has 1 aromatic rings. The highest BCUT2D eigenvalue weighted by atomic mass is 16.6. The lowest BCUT2D eigenvalue weighted by molar-refractivity contribution is -0.384. The van der Waals surface area contributed by atoms with Crippen LogP contribution in [0.15, 0.2) is 18.2 Å². The molecule has 1 saturated heterocycles. The third-order valence-electron chi connectivity index (χ3n) is 4.96. The zero-order valence-corrected chi connectivity index (χ0v) is 15.4. The average Bonchev–Trinajstić information content (AvgIpc) is 3.47. The van der Waals surface area contributed by atoms with E-state index in [-0.39, 0.29) is 23.5 Å². The Morgan fingerprint density at radius 1 is 1.26 bits per heavy atom. The third-order valence-corrected chi connectivity index (χ3v) is 4.96. The van der Waals surface area contributed by atoms with Gasteiger partial charge in [-0.15, -0.1) is 0 Å². The predicted molar refractivity (Wildman–Crippen MR) is 102 cm³/mol. The summed E-state index contributed by atoms with van der Waals surface area (Å²) in [6.07, 6.45) is 6.35. The fraction of sp³-hybridized carbons (Fsp3) is 0.579. The maximum absolute atomic E-state index is 12.1. The van der Waals surface area contributed by atoms with E-state index in [1.807, 2.05) is 4.90 Å². The number of carbonyl (C=O) groups excluding carboxylic acids is 2. The van der Waals surface area contributed by atoms with E-state index < -0.39 is 4.92 Å². The van der Waals surface area contributed by atoms with Crippen LogP contribution in [0.5, 0.6) is 0 Å². The number of likely N-dealkylation sites (tertiary alicyclic amines) is 1. The molecule has 0 bridgehead atoms. The topological polar surface area (TPSA) is 105 Å². The van der Waals surface area contributed by atoms with Gasteiger partial charge in [-0.25, -0.2) is 0 Å². The molecule has 0 radical (unpaired) electrons. The van der Waals surface area contributed by atoms with Crippen LogP contribution in [0.4, 0.5) is 11.4 Å². The number of benzene rings is 1. The van der Waals surface area contributed by atoms with Gasteiger partial charge in [0.1, 0.15) is 5.69 Å². The molecule has 27 heavy (non-hydrogen) atoms. The number of hydrogen-bond acceptors (Lipinski definition) is 5. The molecular formula is C19H26N4O4. The number of anilines is 1. The molecule has 146 valence electrons. The molecule has 2 N–H and O–H groups in total. The van der Waals surface area contributed by atoms with Gasteiger partial charge in [-0.3, -0.25) is 19.7 Å². The minimum atomic E-state index is -0.478. The van der Waals surface area contributed by atoms with Crippen molar-refractivity contribution in [1.82, 2.24) is 10.2 Å². The number of nitro benzene ring substituents is 1. The Balaban J connectivity index is 1.54. The van der Waals surface area contributed by atoms with Gasteiger partial charge in [-0.05, 0) is 44.2 Å². The van der Waals surface area contributed by atoms with E-state index in [2.05, 4.69) is 10.6 Å². The highest BCUT2D eigenvalue weighted by Gasteiger charge is 2.25. The first-order valence-corrected chi connectivity index (χ1v) is 9.65. The smallest absolute Gasteiger partial charge is 0.293 e. The largest absolute Gasteiger partial charge is 0.379 e. The second-order valence-corrected chi connectivity index (χ2v) is 7.21. The second-order valence-electron chi connectivity index (χ2n) is 7.21. The van der Waals surface area contributed by atoms with Crippen LogP contribution in [0.3, 0.4) is 0 Å². The SMILES string of the molecule is O=C(NC1CC1)c1ccc(NCCCN2CCCCCC2=O)c([N+](=O)[O-])c1. The number of hydrogen-bond donors (Lipinski definition) is 2. The molecule has 2 fully saturated rings. The Morgan fingerprint density at radius 2 is 2.07 bits per heavy atom. The first-order chi connectivity index (χ1) is 13.0. The van der Waals surface area contributed by atoms with Gasteiger partial charge in [-0.1, -0.05) is 6.42 Å².